The molecule has 3 rings (SSSR count). The molecule has 26 heavy (non-hydrogen) atoms. The third-order valence-electron chi connectivity index (χ3n) is 4.09. The molecule has 1 aromatic carbocycles. The molecule has 0 aliphatic heterocycles. The smallest absolute Gasteiger partial charge is 0.325 e. The van der Waals surface area contributed by atoms with Gasteiger partial charge in [-0.3, -0.25) is 18.7 Å². The zero-order chi connectivity index (χ0) is 19.0. The molecule has 3 aromatic rings. The third kappa shape index (κ3) is 3.17. The van der Waals surface area contributed by atoms with Gasteiger partial charge in [0.25, 0.3) is 5.56 Å². The van der Waals surface area contributed by atoms with Gasteiger partial charge in [0.2, 0.25) is 5.91 Å². The number of nitrogens with zero attached hydrogens (tertiary/aromatic N) is 4. The van der Waals surface area contributed by atoms with Gasteiger partial charge in [0.05, 0.1) is 5.75 Å². The van der Waals surface area contributed by atoms with E-state index in [4.69, 9.17) is 0 Å². The van der Waals surface area contributed by atoms with Gasteiger partial charge in [0.1, 0.15) is 0 Å². The molecule has 0 atom stereocenters. The van der Waals surface area contributed by atoms with Crippen LogP contribution in [0.5, 0.6) is 0 Å². The molecular formula is C17H19N5O3S. The molecule has 0 fully saturated rings. The van der Waals surface area contributed by atoms with Gasteiger partial charge in [-0.05, 0) is 19.1 Å². The Balaban J connectivity index is 1.82. The molecule has 136 valence electrons. The van der Waals surface area contributed by atoms with E-state index in [0.29, 0.717) is 10.8 Å². The number of aryl methyl sites for hydroxylation is 3. The topological polar surface area (TPSA) is 90.9 Å². The second kappa shape index (κ2) is 6.83. The fourth-order valence-corrected chi connectivity index (χ4v) is 3.42. The monoisotopic (exact) mass is 373 g/mol. The van der Waals surface area contributed by atoms with Crippen molar-refractivity contribution in [3.05, 3.63) is 50.7 Å². The van der Waals surface area contributed by atoms with E-state index in [1.54, 1.807) is 18.7 Å². The number of imidazole rings is 1. The SMILES string of the molecule is Cc1ccc(NC(=O)CSc2nc3c(=O)n(C)c(=O)n(C)c3n2C)cc1. The van der Waals surface area contributed by atoms with Gasteiger partial charge in [-0.15, -0.1) is 0 Å². The Morgan fingerprint density at radius 2 is 1.73 bits per heavy atom. The first-order chi connectivity index (χ1) is 12.3. The lowest BCUT2D eigenvalue weighted by molar-refractivity contribution is -0.113. The molecule has 2 heterocycles. The van der Waals surface area contributed by atoms with Crippen LogP contribution in [0, 0.1) is 6.92 Å². The van der Waals surface area contributed by atoms with Crippen molar-refractivity contribution in [2.45, 2.75) is 12.1 Å². The van der Waals surface area contributed by atoms with Crippen molar-refractivity contribution in [1.29, 1.82) is 0 Å². The van der Waals surface area contributed by atoms with Crippen molar-refractivity contribution in [3.63, 3.8) is 0 Å². The van der Waals surface area contributed by atoms with Crippen molar-refractivity contribution in [2.24, 2.45) is 21.1 Å². The van der Waals surface area contributed by atoms with Crippen molar-refractivity contribution in [3.8, 4) is 0 Å². The molecule has 0 aliphatic rings. The maximum absolute atomic E-state index is 12.3. The number of hydrogen-bond donors (Lipinski definition) is 1. The summed E-state index contributed by atoms with van der Waals surface area (Å²) in [6.07, 6.45) is 0. The van der Waals surface area contributed by atoms with Crippen LogP contribution in [0.2, 0.25) is 0 Å². The average Bonchev–Trinajstić information content (AvgIpc) is 2.95. The summed E-state index contributed by atoms with van der Waals surface area (Å²) in [5, 5.41) is 3.31. The van der Waals surface area contributed by atoms with Gasteiger partial charge < -0.3 is 9.88 Å². The summed E-state index contributed by atoms with van der Waals surface area (Å²) < 4.78 is 4.05. The van der Waals surface area contributed by atoms with Gasteiger partial charge in [0.15, 0.2) is 16.3 Å². The van der Waals surface area contributed by atoms with E-state index in [9.17, 15) is 14.4 Å². The minimum Gasteiger partial charge on any atom is -0.325 e. The Morgan fingerprint density at radius 3 is 2.38 bits per heavy atom. The first-order valence-electron chi connectivity index (χ1n) is 7.91. The zero-order valence-electron chi connectivity index (χ0n) is 14.9. The fourth-order valence-electron chi connectivity index (χ4n) is 2.65. The molecule has 8 nitrogen and oxygen atoms in total. The molecule has 1 N–H and O–H groups in total. The first kappa shape index (κ1) is 18.0. The van der Waals surface area contributed by atoms with Gasteiger partial charge in [-0.25, -0.2) is 9.78 Å². The van der Waals surface area contributed by atoms with E-state index in [0.717, 1.165) is 15.8 Å². The van der Waals surface area contributed by atoms with E-state index in [1.165, 1.54) is 23.4 Å². The zero-order valence-corrected chi connectivity index (χ0v) is 15.8. The number of fused-ring (bicyclic) bond motifs is 1. The lowest BCUT2D eigenvalue weighted by atomic mass is 10.2. The quantitative estimate of drug-likeness (QED) is 0.689. The van der Waals surface area contributed by atoms with E-state index >= 15 is 0 Å². The molecular weight excluding hydrogens is 354 g/mol. The third-order valence-corrected chi connectivity index (χ3v) is 5.12. The molecule has 0 unspecified atom stereocenters. The van der Waals surface area contributed by atoms with Crippen LogP contribution in [-0.4, -0.2) is 30.3 Å². The first-order valence-corrected chi connectivity index (χ1v) is 8.90. The molecule has 9 heteroatoms. The molecule has 0 spiro atoms. The van der Waals surface area contributed by atoms with Crippen molar-refractivity contribution >= 4 is 34.5 Å². The van der Waals surface area contributed by atoms with Crippen LogP contribution in [0.25, 0.3) is 11.2 Å². The number of carbonyl (C=O) groups is 1. The Morgan fingerprint density at radius 1 is 1.08 bits per heavy atom. The number of amides is 1. The van der Waals surface area contributed by atoms with Gasteiger partial charge >= 0.3 is 5.69 Å². The maximum Gasteiger partial charge on any atom is 0.332 e. The van der Waals surface area contributed by atoms with E-state index < -0.39 is 11.2 Å². The fraction of sp³-hybridized carbons (Fsp3) is 0.294. The summed E-state index contributed by atoms with van der Waals surface area (Å²) in [4.78, 5) is 40.8. The molecule has 0 bridgehead atoms. The number of thioether (sulfide) groups is 1. The highest BCUT2D eigenvalue weighted by Crippen LogP contribution is 2.20. The number of hydrogen-bond acceptors (Lipinski definition) is 5. The largest absolute Gasteiger partial charge is 0.332 e. The van der Waals surface area contributed by atoms with Gasteiger partial charge in [-0.2, -0.15) is 0 Å². The number of benzene rings is 1. The number of anilines is 1. The van der Waals surface area contributed by atoms with Crippen LogP contribution >= 0.6 is 11.8 Å². The predicted molar refractivity (Wildman–Crippen MR) is 102 cm³/mol. The normalized spacial score (nSPS) is 11.1. The second-order valence-electron chi connectivity index (χ2n) is 6.03. The minimum absolute atomic E-state index is 0.138. The van der Waals surface area contributed by atoms with Crippen LogP contribution in [0.15, 0.2) is 39.0 Å². The Labute approximate surface area is 153 Å². The summed E-state index contributed by atoms with van der Waals surface area (Å²) in [6.45, 7) is 1.98. The Kier molecular flexibility index (Phi) is 4.73. The summed E-state index contributed by atoms with van der Waals surface area (Å²) in [5.41, 5.74) is 1.61. The average molecular weight is 373 g/mol. The Hall–Kier alpha value is -2.81. The van der Waals surface area contributed by atoms with Crippen LogP contribution in [0.1, 0.15) is 5.56 Å². The van der Waals surface area contributed by atoms with Crippen molar-refractivity contribution in [1.82, 2.24) is 18.7 Å². The number of carbonyl (C=O) groups excluding carboxylic acids is 1. The van der Waals surface area contributed by atoms with Gasteiger partial charge in [-0.1, -0.05) is 29.5 Å². The number of nitrogens with one attached hydrogen (secondary N) is 1. The molecule has 0 saturated heterocycles. The molecule has 1 amide bonds. The summed E-state index contributed by atoms with van der Waals surface area (Å²) in [7, 11) is 4.72. The van der Waals surface area contributed by atoms with E-state index in [1.807, 2.05) is 31.2 Å². The van der Waals surface area contributed by atoms with Crippen LogP contribution < -0.4 is 16.6 Å². The second-order valence-corrected chi connectivity index (χ2v) is 6.98. The maximum atomic E-state index is 12.3. The standard InChI is InChI=1S/C17H19N5O3S/c1-10-5-7-11(8-6-10)18-12(23)9-26-16-19-13-14(20(16)2)21(3)17(25)22(4)15(13)24/h5-8H,9H2,1-4H3,(H,18,23). The van der Waals surface area contributed by atoms with Gasteiger partial charge in [0, 0.05) is 26.8 Å². The summed E-state index contributed by atoms with van der Waals surface area (Å²) in [5.74, 6) is -0.0352. The molecule has 2 aromatic heterocycles. The lowest BCUT2D eigenvalue weighted by Gasteiger charge is -2.07. The molecule has 0 radical (unpaired) electrons. The predicted octanol–water partition coefficient (Wildman–Crippen LogP) is 1.01. The van der Waals surface area contributed by atoms with Crippen LogP contribution in [0.4, 0.5) is 5.69 Å². The Bertz CT molecular complexity index is 1110. The highest BCUT2D eigenvalue weighted by molar-refractivity contribution is 7.99. The van der Waals surface area contributed by atoms with Crippen molar-refractivity contribution < 1.29 is 4.79 Å². The number of rotatable bonds is 4. The molecule has 0 saturated carbocycles. The number of aromatic nitrogens is 4. The minimum atomic E-state index is -0.449. The summed E-state index contributed by atoms with van der Waals surface area (Å²) >= 11 is 1.21. The van der Waals surface area contributed by atoms with Crippen LogP contribution in [0.3, 0.4) is 0 Å². The summed E-state index contributed by atoms with van der Waals surface area (Å²) in [6, 6.07) is 7.52. The highest BCUT2D eigenvalue weighted by atomic mass is 32.2. The van der Waals surface area contributed by atoms with E-state index in [-0.39, 0.29) is 17.2 Å². The molecule has 0 aliphatic carbocycles. The van der Waals surface area contributed by atoms with Crippen LogP contribution in [-0.2, 0) is 25.9 Å². The highest BCUT2D eigenvalue weighted by Gasteiger charge is 2.17. The van der Waals surface area contributed by atoms with Crippen molar-refractivity contribution in [2.75, 3.05) is 11.1 Å². The van der Waals surface area contributed by atoms with E-state index in [2.05, 4.69) is 10.3 Å². The lowest BCUT2D eigenvalue weighted by Crippen LogP contribution is -2.37.